The third-order valence-electron chi connectivity index (χ3n) is 3.81. The number of fused-ring (bicyclic) bond motifs is 1. The molecule has 4 nitrogen and oxygen atoms in total. The van der Waals surface area contributed by atoms with Gasteiger partial charge in [0.15, 0.2) is 0 Å². The van der Waals surface area contributed by atoms with Gasteiger partial charge in [-0.15, -0.1) is 0 Å². The van der Waals surface area contributed by atoms with Gasteiger partial charge >= 0.3 is 0 Å². The second kappa shape index (κ2) is 6.01. The molecule has 1 amide bonds. The summed E-state index contributed by atoms with van der Waals surface area (Å²) in [6, 6.07) is 16.2. The van der Waals surface area contributed by atoms with E-state index < -0.39 is 0 Å². The molecule has 0 aromatic heterocycles. The lowest BCUT2D eigenvalue weighted by Gasteiger charge is -2.10. The molecule has 3 rings (SSSR count). The monoisotopic (exact) mass is 307 g/mol. The maximum atomic E-state index is 12.4. The second-order valence-corrected chi connectivity index (χ2v) is 5.35. The third kappa shape index (κ3) is 2.97. The summed E-state index contributed by atoms with van der Waals surface area (Å²) in [4.78, 5) is 12.4. The highest BCUT2D eigenvalue weighted by atomic mass is 16.5. The number of anilines is 1. The van der Waals surface area contributed by atoms with E-state index in [-0.39, 0.29) is 17.2 Å². The number of hydrogen-bond donors (Lipinski definition) is 2. The number of carbonyl (C=O) groups excluding carboxylic acids is 1. The Bertz CT molecular complexity index is 870. The lowest BCUT2D eigenvalue weighted by atomic mass is 10.0. The van der Waals surface area contributed by atoms with Crippen LogP contribution in [0.1, 0.15) is 15.9 Å². The van der Waals surface area contributed by atoms with Crippen molar-refractivity contribution in [3.05, 3.63) is 65.7 Å². The maximum Gasteiger partial charge on any atom is 0.259 e. The number of ether oxygens (including phenoxy) is 1. The van der Waals surface area contributed by atoms with E-state index in [2.05, 4.69) is 5.32 Å². The fourth-order valence-electron chi connectivity index (χ4n) is 2.52. The Hall–Kier alpha value is -3.01. The molecule has 0 atom stereocenters. The average Bonchev–Trinajstić information content (AvgIpc) is 2.56. The summed E-state index contributed by atoms with van der Waals surface area (Å²) >= 11 is 0. The predicted octanol–water partition coefficient (Wildman–Crippen LogP) is 4.11. The number of benzene rings is 3. The number of amides is 1. The van der Waals surface area contributed by atoms with Crippen molar-refractivity contribution in [2.45, 2.75) is 6.92 Å². The van der Waals surface area contributed by atoms with E-state index in [4.69, 9.17) is 4.74 Å². The highest BCUT2D eigenvalue weighted by molar-refractivity contribution is 6.08. The van der Waals surface area contributed by atoms with Crippen molar-refractivity contribution in [3.8, 4) is 11.5 Å². The van der Waals surface area contributed by atoms with Crippen LogP contribution in [0, 0.1) is 6.92 Å². The Kier molecular flexibility index (Phi) is 3.89. The van der Waals surface area contributed by atoms with Crippen molar-refractivity contribution in [2.75, 3.05) is 12.4 Å². The summed E-state index contributed by atoms with van der Waals surface area (Å²) in [6.07, 6.45) is 0. The average molecular weight is 307 g/mol. The Morgan fingerprint density at radius 1 is 1.09 bits per heavy atom. The minimum atomic E-state index is -0.351. The molecule has 0 aliphatic heterocycles. The molecule has 0 heterocycles. The minimum Gasteiger partial charge on any atom is -0.507 e. The number of hydrogen-bond acceptors (Lipinski definition) is 3. The molecule has 2 N–H and O–H groups in total. The van der Waals surface area contributed by atoms with Crippen molar-refractivity contribution in [3.63, 3.8) is 0 Å². The van der Waals surface area contributed by atoms with Crippen LogP contribution in [0.4, 0.5) is 5.69 Å². The number of methoxy groups -OCH3 is 1. The van der Waals surface area contributed by atoms with Crippen LogP contribution in [-0.2, 0) is 0 Å². The van der Waals surface area contributed by atoms with Crippen LogP contribution in [0.2, 0.25) is 0 Å². The van der Waals surface area contributed by atoms with Gasteiger partial charge in [-0.1, -0.05) is 18.2 Å². The zero-order valence-corrected chi connectivity index (χ0v) is 13.0. The largest absolute Gasteiger partial charge is 0.507 e. The zero-order chi connectivity index (χ0) is 16.4. The predicted molar refractivity (Wildman–Crippen MR) is 91.3 cm³/mol. The molecule has 116 valence electrons. The van der Waals surface area contributed by atoms with Crippen molar-refractivity contribution < 1.29 is 14.6 Å². The fourth-order valence-corrected chi connectivity index (χ4v) is 2.52. The SMILES string of the molecule is COc1ccc(NC(=O)c2cc3cccc(C)c3cc2O)cc1. The summed E-state index contributed by atoms with van der Waals surface area (Å²) in [5.41, 5.74) is 1.94. The quantitative estimate of drug-likeness (QED) is 0.765. The van der Waals surface area contributed by atoms with Gasteiger partial charge in [-0.25, -0.2) is 0 Å². The highest BCUT2D eigenvalue weighted by Gasteiger charge is 2.13. The number of aryl methyl sites for hydroxylation is 1. The van der Waals surface area contributed by atoms with Crippen LogP contribution in [-0.4, -0.2) is 18.1 Å². The minimum absolute atomic E-state index is 0.0298. The van der Waals surface area contributed by atoms with Gasteiger partial charge in [0.05, 0.1) is 12.7 Å². The topological polar surface area (TPSA) is 58.6 Å². The molecule has 0 radical (unpaired) electrons. The van der Waals surface area contributed by atoms with Gasteiger partial charge in [0.2, 0.25) is 0 Å². The Labute approximate surface area is 134 Å². The van der Waals surface area contributed by atoms with Crippen LogP contribution in [0.15, 0.2) is 54.6 Å². The van der Waals surface area contributed by atoms with Crippen molar-refractivity contribution in [1.82, 2.24) is 0 Å². The molecule has 3 aromatic carbocycles. The Balaban J connectivity index is 1.92. The van der Waals surface area contributed by atoms with Crippen molar-refractivity contribution in [1.29, 1.82) is 0 Å². The van der Waals surface area contributed by atoms with E-state index in [1.54, 1.807) is 43.5 Å². The normalized spacial score (nSPS) is 10.5. The number of phenols is 1. The number of nitrogens with one attached hydrogen (secondary N) is 1. The first-order chi connectivity index (χ1) is 11.1. The van der Waals surface area contributed by atoms with Crippen LogP contribution in [0.5, 0.6) is 11.5 Å². The van der Waals surface area contributed by atoms with E-state index in [9.17, 15) is 9.90 Å². The summed E-state index contributed by atoms with van der Waals surface area (Å²) in [7, 11) is 1.59. The first-order valence-corrected chi connectivity index (χ1v) is 7.26. The first-order valence-electron chi connectivity index (χ1n) is 7.26. The molecule has 4 heteroatoms. The number of carbonyl (C=O) groups is 1. The van der Waals surface area contributed by atoms with E-state index in [0.717, 1.165) is 16.3 Å². The van der Waals surface area contributed by atoms with E-state index >= 15 is 0 Å². The number of rotatable bonds is 3. The van der Waals surface area contributed by atoms with Crippen LogP contribution in [0.25, 0.3) is 10.8 Å². The maximum absolute atomic E-state index is 12.4. The van der Waals surface area contributed by atoms with Crippen molar-refractivity contribution in [2.24, 2.45) is 0 Å². The Morgan fingerprint density at radius 3 is 2.52 bits per heavy atom. The molecule has 0 saturated carbocycles. The van der Waals surface area contributed by atoms with Crippen molar-refractivity contribution >= 4 is 22.4 Å². The van der Waals surface area contributed by atoms with Gasteiger partial charge in [0.1, 0.15) is 11.5 Å². The standard InChI is InChI=1S/C19H17NO3/c1-12-4-3-5-13-10-17(18(21)11-16(12)13)19(22)20-14-6-8-15(23-2)9-7-14/h3-11,21H,1-2H3,(H,20,22). The summed E-state index contributed by atoms with van der Waals surface area (Å²) in [6.45, 7) is 1.97. The van der Waals surface area contributed by atoms with E-state index in [1.807, 2.05) is 25.1 Å². The van der Waals surface area contributed by atoms with Gasteiger partial charge in [-0.05, 0) is 59.7 Å². The third-order valence-corrected chi connectivity index (χ3v) is 3.81. The molecule has 0 saturated heterocycles. The summed E-state index contributed by atoms with van der Waals surface area (Å²) in [5.74, 6) is 0.334. The lowest BCUT2D eigenvalue weighted by molar-refractivity contribution is 0.102. The molecule has 0 aliphatic carbocycles. The molecule has 0 spiro atoms. The lowest BCUT2D eigenvalue weighted by Crippen LogP contribution is -2.12. The van der Waals surface area contributed by atoms with Crippen LogP contribution >= 0.6 is 0 Å². The summed E-state index contributed by atoms with van der Waals surface area (Å²) < 4.78 is 5.08. The fraction of sp³-hybridized carbons (Fsp3) is 0.105. The van der Waals surface area contributed by atoms with E-state index in [1.165, 1.54) is 0 Å². The van der Waals surface area contributed by atoms with E-state index in [0.29, 0.717) is 11.4 Å². The van der Waals surface area contributed by atoms with Gasteiger partial charge in [0.25, 0.3) is 5.91 Å². The smallest absolute Gasteiger partial charge is 0.259 e. The molecular weight excluding hydrogens is 290 g/mol. The van der Waals surface area contributed by atoms with Gasteiger partial charge in [0, 0.05) is 5.69 Å². The highest BCUT2D eigenvalue weighted by Crippen LogP contribution is 2.28. The molecule has 23 heavy (non-hydrogen) atoms. The molecule has 0 aliphatic rings. The molecule has 0 bridgehead atoms. The summed E-state index contributed by atoms with van der Waals surface area (Å²) in [5, 5.41) is 14.8. The van der Waals surface area contributed by atoms with Crippen LogP contribution in [0.3, 0.4) is 0 Å². The van der Waals surface area contributed by atoms with Gasteiger partial charge < -0.3 is 15.2 Å². The zero-order valence-electron chi connectivity index (χ0n) is 13.0. The molecule has 3 aromatic rings. The van der Waals surface area contributed by atoms with Gasteiger partial charge in [-0.3, -0.25) is 4.79 Å². The molecule has 0 fully saturated rings. The molecular formula is C19H17NO3. The molecule has 0 unspecified atom stereocenters. The number of aromatic hydroxyl groups is 1. The first kappa shape index (κ1) is 14.9. The van der Waals surface area contributed by atoms with Crippen LogP contribution < -0.4 is 10.1 Å². The second-order valence-electron chi connectivity index (χ2n) is 5.35. The van der Waals surface area contributed by atoms with Gasteiger partial charge in [-0.2, -0.15) is 0 Å². The Morgan fingerprint density at radius 2 is 1.83 bits per heavy atom. The number of phenolic OH excluding ortho intramolecular Hbond substituents is 1.